The molecule has 1 N–H and O–H groups in total. The van der Waals surface area contributed by atoms with Gasteiger partial charge < -0.3 is 14.7 Å². The molecule has 21 heavy (non-hydrogen) atoms. The van der Waals surface area contributed by atoms with Crippen LogP contribution in [0.2, 0.25) is 0 Å². The van der Waals surface area contributed by atoms with Crippen LogP contribution < -0.4 is 0 Å². The van der Waals surface area contributed by atoms with Gasteiger partial charge in [-0.3, -0.25) is 9.59 Å². The molecule has 1 amide bonds. The lowest BCUT2D eigenvalue weighted by Gasteiger charge is -2.29. The molecule has 0 aromatic heterocycles. The molecule has 0 bridgehead atoms. The van der Waals surface area contributed by atoms with Crippen LogP contribution in [0.5, 0.6) is 0 Å². The van der Waals surface area contributed by atoms with E-state index in [-0.39, 0.29) is 19.1 Å². The minimum atomic E-state index is -0.920. The third-order valence-corrected chi connectivity index (χ3v) is 4.28. The zero-order valence-corrected chi connectivity index (χ0v) is 13.6. The van der Waals surface area contributed by atoms with E-state index in [9.17, 15) is 14.7 Å². The van der Waals surface area contributed by atoms with Crippen molar-refractivity contribution in [2.24, 2.45) is 5.92 Å². The summed E-state index contributed by atoms with van der Waals surface area (Å²) in [5, 5.41) is 9.25. The Bertz CT molecular complexity index is 561. The highest BCUT2D eigenvalue weighted by atomic mass is 79.9. The van der Waals surface area contributed by atoms with E-state index in [0.29, 0.717) is 12.1 Å². The molecule has 1 heterocycles. The highest BCUT2D eigenvalue weighted by molar-refractivity contribution is 9.10. The van der Waals surface area contributed by atoms with Crippen LogP contribution in [-0.2, 0) is 9.53 Å². The van der Waals surface area contributed by atoms with Crippen molar-refractivity contribution in [2.75, 3.05) is 19.8 Å². The van der Waals surface area contributed by atoms with E-state index in [1.165, 1.54) is 0 Å². The van der Waals surface area contributed by atoms with Crippen molar-refractivity contribution in [3.8, 4) is 0 Å². The summed E-state index contributed by atoms with van der Waals surface area (Å²) in [5.41, 5.74) is 1.45. The number of ether oxygens (including phenoxy) is 1. The molecule has 1 aliphatic rings. The minimum absolute atomic E-state index is 0.149. The van der Waals surface area contributed by atoms with E-state index < -0.39 is 17.9 Å². The van der Waals surface area contributed by atoms with Crippen molar-refractivity contribution in [3.05, 3.63) is 33.8 Å². The SMILES string of the molecule is CCN(C(=O)c1ccc(Br)cc1C)C1COCC1C(=O)O. The Hall–Kier alpha value is -1.40. The number of carboxylic acid groups (broad SMARTS) is 1. The number of hydrogen-bond donors (Lipinski definition) is 1. The fraction of sp³-hybridized carbons (Fsp3) is 0.467. The van der Waals surface area contributed by atoms with Gasteiger partial charge >= 0.3 is 5.97 Å². The monoisotopic (exact) mass is 355 g/mol. The van der Waals surface area contributed by atoms with Crippen molar-refractivity contribution in [1.29, 1.82) is 0 Å². The van der Waals surface area contributed by atoms with Gasteiger partial charge in [-0.25, -0.2) is 0 Å². The molecule has 0 aliphatic carbocycles. The number of aliphatic carboxylic acids is 1. The number of benzene rings is 1. The number of halogens is 1. The van der Waals surface area contributed by atoms with E-state index in [0.717, 1.165) is 10.0 Å². The van der Waals surface area contributed by atoms with Gasteiger partial charge in [-0.15, -0.1) is 0 Å². The van der Waals surface area contributed by atoms with E-state index in [2.05, 4.69) is 15.9 Å². The second-order valence-corrected chi connectivity index (χ2v) is 6.02. The van der Waals surface area contributed by atoms with Crippen molar-refractivity contribution in [2.45, 2.75) is 19.9 Å². The quantitative estimate of drug-likeness (QED) is 0.899. The third kappa shape index (κ3) is 3.27. The Balaban J connectivity index is 2.28. The first-order chi connectivity index (χ1) is 9.95. The topological polar surface area (TPSA) is 66.8 Å². The van der Waals surface area contributed by atoms with E-state index in [1.807, 2.05) is 26.0 Å². The van der Waals surface area contributed by atoms with Gasteiger partial charge in [0.2, 0.25) is 0 Å². The highest BCUT2D eigenvalue weighted by Crippen LogP contribution is 2.24. The summed E-state index contributed by atoms with van der Waals surface area (Å²) in [6, 6.07) is 5.04. The Morgan fingerprint density at radius 1 is 1.43 bits per heavy atom. The molecule has 5 nitrogen and oxygen atoms in total. The van der Waals surface area contributed by atoms with Gasteiger partial charge in [-0.1, -0.05) is 15.9 Å². The zero-order chi connectivity index (χ0) is 15.6. The number of amides is 1. The number of carbonyl (C=O) groups excluding carboxylic acids is 1. The molecular formula is C15H18BrNO4. The largest absolute Gasteiger partial charge is 0.481 e. The lowest BCUT2D eigenvalue weighted by atomic mass is 10.00. The smallest absolute Gasteiger partial charge is 0.311 e. The maximum Gasteiger partial charge on any atom is 0.311 e. The second kappa shape index (κ2) is 6.58. The van der Waals surface area contributed by atoms with Crippen LogP contribution in [0.4, 0.5) is 0 Å². The van der Waals surface area contributed by atoms with E-state index in [4.69, 9.17) is 4.74 Å². The number of hydrogen-bond acceptors (Lipinski definition) is 3. The molecule has 1 fully saturated rings. The van der Waals surface area contributed by atoms with Gasteiger partial charge in [-0.2, -0.15) is 0 Å². The average molecular weight is 356 g/mol. The normalized spacial score (nSPS) is 21.3. The number of likely N-dealkylation sites (N-methyl/N-ethyl adjacent to an activating group) is 1. The van der Waals surface area contributed by atoms with Crippen molar-refractivity contribution >= 4 is 27.8 Å². The second-order valence-electron chi connectivity index (χ2n) is 5.10. The Morgan fingerprint density at radius 3 is 2.71 bits per heavy atom. The first-order valence-electron chi connectivity index (χ1n) is 6.83. The maximum atomic E-state index is 12.7. The van der Waals surface area contributed by atoms with Gasteiger partial charge in [0.05, 0.1) is 19.3 Å². The summed E-state index contributed by atoms with van der Waals surface area (Å²) >= 11 is 3.37. The predicted molar refractivity (Wildman–Crippen MR) is 81.3 cm³/mol. The molecule has 0 radical (unpaired) electrons. The first-order valence-corrected chi connectivity index (χ1v) is 7.62. The lowest BCUT2D eigenvalue weighted by molar-refractivity contribution is -0.142. The number of nitrogens with zero attached hydrogens (tertiary/aromatic N) is 1. The molecule has 114 valence electrons. The zero-order valence-electron chi connectivity index (χ0n) is 12.0. The summed E-state index contributed by atoms with van der Waals surface area (Å²) in [4.78, 5) is 25.6. The molecule has 1 saturated heterocycles. The summed E-state index contributed by atoms with van der Waals surface area (Å²) in [5.74, 6) is -1.73. The van der Waals surface area contributed by atoms with Gasteiger partial charge in [-0.05, 0) is 37.6 Å². The molecular weight excluding hydrogens is 338 g/mol. The number of carbonyl (C=O) groups is 2. The van der Waals surface area contributed by atoms with Gasteiger partial charge in [0.25, 0.3) is 5.91 Å². The van der Waals surface area contributed by atoms with Gasteiger partial charge in [0.15, 0.2) is 0 Å². The van der Waals surface area contributed by atoms with Crippen molar-refractivity contribution in [1.82, 2.24) is 4.90 Å². The minimum Gasteiger partial charge on any atom is -0.481 e. The number of carboxylic acids is 1. The Morgan fingerprint density at radius 2 is 2.14 bits per heavy atom. The molecule has 1 aromatic carbocycles. The van der Waals surface area contributed by atoms with Crippen LogP contribution in [-0.4, -0.2) is 47.7 Å². The van der Waals surface area contributed by atoms with Crippen LogP contribution in [0, 0.1) is 12.8 Å². The Labute approximate surface area is 132 Å². The molecule has 2 atom stereocenters. The Kier molecular flexibility index (Phi) is 5.00. The molecule has 2 unspecified atom stereocenters. The lowest BCUT2D eigenvalue weighted by Crippen LogP contribution is -2.46. The number of aryl methyl sites for hydroxylation is 1. The molecule has 0 spiro atoms. The fourth-order valence-corrected chi connectivity index (χ4v) is 3.11. The van der Waals surface area contributed by atoms with E-state index >= 15 is 0 Å². The summed E-state index contributed by atoms with van der Waals surface area (Å²) in [7, 11) is 0. The first kappa shape index (κ1) is 16.0. The highest BCUT2D eigenvalue weighted by Gasteiger charge is 2.39. The van der Waals surface area contributed by atoms with Crippen LogP contribution in [0.25, 0.3) is 0 Å². The fourth-order valence-electron chi connectivity index (χ4n) is 2.64. The number of rotatable bonds is 4. The average Bonchev–Trinajstić information content (AvgIpc) is 2.88. The molecule has 6 heteroatoms. The van der Waals surface area contributed by atoms with Crippen LogP contribution in [0.3, 0.4) is 0 Å². The molecule has 1 aliphatic heterocycles. The van der Waals surface area contributed by atoms with Crippen molar-refractivity contribution in [3.63, 3.8) is 0 Å². The predicted octanol–water partition coefficient (Wildman–Crippen LogP) is 2.32. The van der Waals surface area contributed by atoms with Crippen molar-refractivity contribution < 1.29 is 19.4 Å². The summed E-state index contributed by atoms with van der Waals surface area (Å²) < 4.78 is 6.18. The molecule has 1 aromatic rings. The van der Waals surface area contributed by atoms with Gasteiger partial charge in [0.1, 0.15) is 5.92 Å². The third-order valence-electron chi connectivity index (χ3n) is 3.79. The summed E-state index contributed by atoms with van der Waals surface area (Å²) in [6.07, 6.45) is 0. The standard InChI is InChI=1S/C15H18BrNO4/c1-3-17(13-8-21-7-12(13)15(19)20)14(18)11-5-4-10(16)6-9(11)2/h4-6,12-13H,3,7-8H2,1-2H3,(H,19,20). The van der Waals surface area contributed by atoms with E-state index in [1.54, 1.807) is 11.0 Å². The van der Waals surface area contributed by atoms with Gasteiger partial charge in [0, 0.05) is 16.6 Å². The molecule has 2 rings (SSSR count). The van der Waals surface area contributed by atoms with Crippen LogP contribution >= 0.6 is 15.9 Å². The molecule has 0 saturated carbocycles. The van der Waals surface area contributed by atoms with Crippen LogP contribution in [0.1, 0.15) is 22.8 Å². The maximum absolute atomic E-state index is 12.7. The van der Waals surface area contributed by atoms with Crippen LogP contribution in [0.15, 0.2) is 22.7 Å². The summed E-state index contributed by atoms with van der Waals surface area (Å²) in [6.45, 7) is 4.59.